The second-order valence-corrected chi connectivity index (χ2v) is 2.26. The van der Waals surface area contributed by atoms with Crippen molar-refractivity contribution in [1.29, 1.82) is 5.26 Å². The Morgan fingerprint density at radius 3 is 2.62 bits per heavy atom. The zero-order valence-corrected chi connectivity index (χ0v) is 6.64. The molecule has 1 rings (SSSR count). The summed E-state index contributed by atoms with van der Waals surface area (Å²) in [6.45, 7) is 0. The molecule has 0 aliphatic carbocycles. The van der Waals surface area contributed by atoms with E-state index in [1.807, 2.05) is 0 Å². The first-order valence-electron chi connectivity index (χ1n) is 3.49. The van der Waals surface area contributed by atoms with Gasteiger partial charge in [0.2, 0.25) is 0 Å². The number of nitrogens with zero attached hydrogens (tertiary/aromatic N) is 2. The molecule has 4 heteroatoms. The largest absolute Gasteiger partial charge is 0.477 e. The molecule has 4 nitrogen and oxygen atoms in total. The second kappa shape index (κ2) is 4.02. The topological polar surface area (TPSA) is 74.0 Å². The van der Waals surface area contributed by atoms with Crippen LogP contribution in [0.1, 0.15) is 5.56 Å². The fraction of sp³-hybridized carbons (Fsp3) is 0. The van der Waals surface area contributed by atoms with Crippen molar-refractivity contribution in [1.82, 2.24) is 4.98 Å². The van der Waals surface area contributed by atoms with E-state index in [2.05, 4.69) is 4.98 Å². The lowest BCUT2D eigenvalue weighted by Gasteiger charge is -1.91. The van der Waals surface area contributed by atoms with Gasteiger partial charge >= 0.3 is 5.97 Å². The smallest absolute Gasteiger partial charge is 0.346 e. The zero-order chi connectivity index (χ0) is 9.68. The van der Waals surface area contributed by atoms with E-state index >= 15 is 0 Å². The van der Waals surface area contributed by atoms with Gasteiger partial charge in [-0.3, -0.25) is 4.98 Å². The number of aromatic nitrogens is 1. The van der Waals surface area contributed by atoms with E-state index in [-0.39, 0.29) is 5.57 Å². The third kappa shape index (κ3) is 2.42. The fourth-order valence-corrected chi connectivity index (χ4v) is 0.768. The molecule has 0 unspecified atom stereocenters. The van der Waals surface area contributed by atoms with Crippen LogP contribution in [0.15, 0.2) is 30.1 Å². The van der Waals surface area contributed by atoms with Crippen LogP contribution < -0.4 is 0 Å². The maximum Gasteiger partial charge on any atom is 0.346 e. The molecule has 0 spiro atoms. The molecule has 1 aromatic heterocycles. The molecular formula is C9H6N2O2. The van der Waals surface area contributed by atoms with Gasteiger partial charge in [-0.1, -0.05) is 0 Å². The molecule has 1 heterocycles. The van der Waals surface area contributed by atoms with Crippen LogP contribution >= 0.6 is 0 Å². The number of carbonyl (C=O) groups is 1. The summed E-state index contributed by atoms with van der Waals surface area (Å²) in [5.74, 6) is -1.22. The minimum atomic E-state index is -1.22. The first kappa shape index (κ1) is 8.94. The molecule has 0 atom stereocenters. The van der Waals surface area contributed by atoms with Crippen molar-refractivity contribution in [2.45, 2.75) is 0 Å². The highest BCUT2D eigenvalue weighted by Gasteiger charge is 2.04. The molecule has 64 valence electrons. The van der Waals surface area contributed by atoms with Crippen molar-refractivity contribution in [2.24, 2.45) is 0 Å². The van der Waals surface area contributed by atoms with Crippen LogP contribution in [-0.4, -0.2) is 16.1 Å². The molecule has 0 radical (unpaired) electrons. The Balaban J connectivity index is 3.01. The molecule has 0 aliphatic heterocycles. The Morgan fingerprint density at radius 2 is 2.15 bits per heavy atom. The van der Waals surface area contributed by atoms with Crippen LogP contribution in [-0.2, 0) is 4.79 Å². The first-order chi connectivity index (χ1) is 6.24. The highest BCUT2D eigenvalue weighted by Crippen LogP contribution is 2.04. The van der Waals surface area contributed by atoms with Crippen molar-refractivity contribution in [3.05, 3.63) is 35.7 Å². The van der Waals surface area contributed by atoms with Gasteiger partial charge < -0.3 is 5.11 Å². The number of carboxylic acid groups (broad SMARTS) is 1. The van der Waals surface area contributed by atoms with Crippen molar-refractivity contribution >= 4 is 12.0 Å². The molecule has 0 aliphatic rings. The molecule has 0 bridgehead atoms. The SMILES string of the molecule is N#C/C(=C/c1ccncc1)C(=O)O. The van der Waals surface area contributed by atoms with Gasteiger partial charge in [-0.25, -0.2) is 4.79 Å². The van der Waals surface area contributed by atoms with Gasteiger partial charge in [0.15, 0.2) is 0 Å². The number of nitriles is 1. The Labute approximate surface area is 74.8 Å². The number of hydrogen-bond donors (Lipinski definition) is 1. The number of pyridine rings is 1. The molecule has 13 heavy (non-hydrogen) atoms. The lowest BCUT2D eigenvalue weighted by molar-refractivity contribution is -0.132. The van der Waals surface area contributed by atoms with Crippen molar-refractivity contribution in [2.75, 3.05) is 0 Å². The Hall–Kier alpha value is -2.15. The summed E-state index contributed by atoms with van der Waals surface area (Å²) in [5, 5.41) is 17.0. The van der Waals surface area contributed by atoms with Crippen LogP contribution in [0.25, 0.3) is 6.08 Å². The molecule has 0 aromatic carbocycles. The van der Waals surface area contributed by atoms with Crippen LogP contribution in [0.2, 0.25) is 0 Å². The van der Waals surface area contributed by atoms with Gasteiger partial charge in [-0.15, -0.1) is 0 Å². The minimum Gasteiger partial charge on any atom is -0.477 e. The summed E-state index contributed by atoms with van der Waals surface area (Å²) in [7, 11) is 0. The normalized spacial score (nSPS) is 10.5. The molecule has 1 aromatic rings. The van der Waals surface area contributed by atoms with Crippen LogP contribution in [0.5, 0.6) is 0 Å². The predicted molar refractivity (Wildman–Crippen MR) is 45.5 cm³/mol. The monoisotopic (exact) mass is 174 g/mol. The number of aliphatic carboxylic acids is 1. The summed E-state index contributed by atoms with van der Waals surface area (Å²) in [4.78, 5) is 14.2. The summed E-state index contributed by atoms with van der Waals surface area (Å²) < 4.78 is 0. The van der Waals surface area contributed by atoms with Crippen molar-refractivity contribution < 1.29 is 9.90 Å². The van der Waals surface area contributed by atoms with Gasteiger partial charge in [0.1, 0.15) is 11.6 Å². The van der Waals surface area contributed by atoms with E-state index in [0.717, 1.165) is 0 Å². The van der Waals surface area contributed by atoms with E-state index in [0.29, 0.717) is 5.56 Å². The highest BCUT2D eigenvalue weighted by atomic mass is 16.4. The van der Waals surface area contributed by atoms with Crippen LogP contribution in [0.4, 0.5) is 0 Å². The van der Waals surface area contributed by atoms with E-state index in [1.165, 1.54) is 18.5 Å². The maximum atomic E-state index is 10.4. The highest BCUT2D eigenvalue weighted by molar-refractivity contribution is 5.96. The molecule has 0 amide bonds. The third-order valence-corrected chi connectivity index (χ3v) is 1.37. The molecular weight excluding hydrogens is 168 g/mol. The summed E-state index contributed by atoms with van der Waals surface area (Å²) in [6.07, 6.45) is 4.36. The lowest BCUT2D eigenvalue weighted by atomic mass is 10.2. The number of rotatable bonds is 2. The Kier molecular flexibility index (Phi) is 2.77. The number of carboxylic acids is 1. The van der Waals surface area contributed by atoms with Crippen LogP contribution in [0.3, 0.4) is 0 Å². The summed E-state index contributed by atoms with van der Waals surface area (Å²) in [6, 6.07) is 4.84. The maximum absolute atomic E-state index is 10.4. The van der Waals surface area contributed by atoms with Crippen LogP contribution in [0, 0.1) is 11.3 Å². The second-order valence-electron chi connectivity index (χ2n) is 2.26. The fourth-order valence-electron chi connectivity index (χ4n) is 0.768. The van der Waals surface area contributed by atoms with Gasteiger partial charge in [0, 0.05) is 12.4 Å². The standard InChI is InChI=1S/C9H6N2O2/c10-6-8(9(12)13)5-7-1-3-11-4-2-7/h1-5H,(H,12,13)/b8-5-. The molecule has 0 saturated carbocycles. The average Bonchev–Trinajstić information content (AvgIpc) is 2.15. The third-order valence-electron chi connectivity index (χ3n) is 1.37. The van der Waals surface area contributed by atoms with E-state index < -0.39 is 5.97 Å². The van der Waals surface area contributed by atoms with Gasteiger partial charge in [0.05, 0.1) is 0 Å². The predicted octanol–water partition coefficient (Wildman–Crippen LogP) is 1.07. The van der Waals surface area contributed by atoms with E-state index in [9.17, 15) is 4.79 Å². The number of hydrogen-bond acceptors (Lipinski definition) is 3. The zero-order valence-electron chi connectivity index (χ0n) is 6.64. The molecule has 0 saturated heterocycles. The van der Waals surface area contributed by atoms with E-state index in [4.69, 9.17) is 10.4 Å². The summed E-state index contributed by atoms with van der Waals surface area (Å²) >= 11 is 0. The van der Waals surface area contributed by atoms with Crippen molar-refractivity contribution in [3.8, 4) is 6.07 Å². The Morgan fingerprint density at radius 1 is 1.54 bits per heavy atom. The summed E-state index contributed by atoms with van der Waals surface area (Å²) in [5.41, 5.74) is 0.361. The van der Waals surface area contributed by atoms with Gasteiger partial charge in [-0.05, 0) is 23.8 Å². The van der Waals surface area contributed by atoms with Gasteiger partial charge in [0.25, 0.3) is 0 Å². The van der Waals surface area contributed by atoms with Crippen molar-refractivity contribution in [3.63, 3.8) is 0 Å². The van der Waals surface area contributed by atoms with Gasteiger partial charge in [-0.2, -0.15) is 5.26 Å². The molecule has 1 N–H and O–H groups in total. The quantitative estimate of drug-likeness (QED) is 0.537. The Bertz CT molecular complexity index is 376. The first-order valence-corrected chi connectivity index (χ1v) is 3.49. The molecule has 0 fully saturated rings. The lowest BCUT2D eigenvalue weighted by Crippen LogP contribution is -1.97. The minimum absolute atomic E-state index is 0.286. The van der Waals surface area contributed by atoms with E-state index in [1.54, 1.807) is 18.2 Å². The average molecular weight is 174 g/mol.